The second kappa shape index (κ2) is 9.50. The van der Waals surface area contributed by atoms with E-state index in [4.69, 9.17) is 9.47 Å². The number of H-pyrrole nitrogens is 1. The molecule has 0 unspecified atom stereocenters. The largest absolute Gasteiger partial charge is 0.496 e. The molecule has 3 aliphatic rings. The second-order valence-corrected chi connectivity index (χ2v) is 10.4. The zero-order valence-electron chi connectivity index (χ0n) is 21.5. The third-order valence-corrected chi connectivity index (χ3v) is 8.34. The van der Waals surface area contributed by atoms with E-state index < -0.39 is 5.54 Å². The van der Waals surface area contributed by atoms with Gasteiger partial charge in [-0.25, -0.2) is 0 Å². The summed E-state index contributed by atoms with van der Waals surface area (Å²) in [7, 11) is 1.67. The zero-order valence-corrected chi connectivity index (χ0v) is 21.5. The van der Waals surface area contributed by atoms with Crippen molar-refractivity contribution in [2.24, 2.45) is 0 Å². The number of morpholine rings is 1. The molecule has 2 fully saturated rings. The lowest BCUT2D eigenvalue weighted by molar-refractivity contribution is -0.166. The fourth-order valence-electron chi connectivity index (χ4n) is 6.40. The van der Waals surface area contributed by atoms with Gasteiger partial charge in [0.05, 0.1) is 32.6 Å². The molecule has 3 aromatic rings. The number of aromatic amines is 1. The number of carbonyl (C=O) groups is 2. The molecule has 1 N–H and O–H groups in total. The molecule has 6 rings (SSSR count). The van der Waals surface area contributed by atoms with E-state index in [0.717, 1.165) is 72.7 Å². The monoisotopic (exact) mass is 502 g/mol. The summed E-state index contributed by atoms with van der Waals surface area (Å²) >= 11 is 0. The van der Waals surface area contributed by atoms with Gasteiger partial charge in [0.2, 0.25) is 5.91 Å². The Morgan fingerprint density at radius 2 is 1.81 bits per heavy atom. The highest BCUT2D eigenvalue weighted by Gasteiger charge is 2.56. The number of aromatic nitrogens is 1. The molecule has 2 aromatic carbocycles. The smallest absolute Gasteiger partial charge is 0.254 e. The number of hydrogen-bond acceptors (Lipinski definition) is 5. The number of ether oxygens (including phenoxy) is 2. The third-order valence-electron chi connectivity index (χ3n) is 8.34. The van der Waals surface area contributed by atoms with Crippen LogP contribution in [-0.4, -0.2) is 91.1 Å². The van der Waals surface area contributed by atoms with E-state index in [-0.39, 0.29) is 24.3 Å². The van der Waals surface area contributed by atoms with Crippen LogP contribution in [0.5, 0.6) is 5.75 Å². The van der Waals surface area contributed by atoms with Crippen LogP contribution < -0.4 is 4.74 Å². The van der Waals surface area contributed by atoms with E-state index in [1.165, 1.54) is 0 Å². The number of rotatable bonds is 6. The van der Waals surface area contributed by atoms with Crippen LogP contribution in [0.4, 0.5) is 0 Å². The van der Waals surface area contributed by atoms with Gasteiger partial charge in [-0.1, -0.05) is 36.4 Å². The summed E-state index contributed by atoms with van der Waals surface area (Å²) in [6, 6.07) is 16.1. The van der Waals surface area contributed by atoms with Crippen LogP contribution >= 0.6 is 0 Å². The van der Waals surface area contributed by atoms with Crippen molar-refractivity contribution in [3.8, 4) is 5.75 Å². The predicted molar refractivity (Wildman–Crippen MR) is 141 cm³/mol. The molecule has 0 bridgehead atoms. The van der Waals surface area contributed by atoms with Gasteiger partial charge >= 0.3 is 0 Å². The maximum Gasteiger partial charge on any atom is 0.254 e. The topological polar surface area (TPSA) is 78.1 Å². The minimum absolute atomic E-state index is 0.0136. The van der Waals surface area contributed by atoms with Crippen molar-refractivity contribution >= 4 is 22.7 Å². The highest BCUT2D eigenvalue weighted by atomic mass is 16.5. The molecule has 2 amide bonds. The van der Waals surface area contributed by atoms with Crippen LogP contribution in [0, 0.1) is 0 Å². The molecular formula is C29H34N4O4. The predicted octanol–water partition coefficient (Wildman–Crippen LogP) is 2.93. The van der Waals surface area contributed by atoms with Gasteiger partial charge in [0.15, 0.2) is 5.54 Å². The van der Waals surface area contributed by atoms with Crippen molar-refractivity contribution in [3.63, 3.8) is 0 Å². The summed E-state index contributed by atoms with van der Waals surface area (Å²) in [6.07, 6.45) is 0.832. The molecule has 2 atom stereocenters. The molecule has 0 saturated carbocycles. The fraction of sp³-hybridized carbons (Fsp3) is 0.448. The van der Waals surface area contributed by atoms with E-state index in [2.05, 4.69) is 22.0 Å². The van der Waals surface area contributed by atoms with Crippen molar-refractivity contribution in [3.05, 3.63) is 65.4 Å². The van der Waals surface area contributed by atoms with Crippen LogP contribution in [-0.2, 0) is 19.9 Å². The Morgan fingerprint density at radius 3 is 2.62 bits per heavy atom. The third kappa shape index (κ3) is 3.90. The summed E-state index contributed by atoms with van der Waals surface area (Å²) in [6.45, 7) is 7.27. The molecule has 37 heavy (non-hydrogen) atoms. The summed E-state index contributed by atoms with van der Waals surface area (Å²) in [4.78, 5) is 37.3. The van der Waals surface area contributed by atoms with E-state index in [9.17, 15) is 9.59 Å². The summed E-state index contributed by atoms with van der Waals surface area (Å²) in [5.74, 6) is 0.644. The lowest BCUT2D eigenvalue weighted by Gasteiger charge is -2.51. The highest BCUT2D eigenvalue weighted by molar-refractivity contribution is 6.01. The quantitative estimate of drug-likeness (QED) is 0.561. The van der Waals surface area contributed by atoms with Crippen LogP contribution in [0.1, 0.15) is 36.1 Å². The van der Waals surface area contributed by atoms with Crippen molar-refractivity contribution in [1.82, 2.24) is 19.7 Å². The highest BCUT2D eigenvalue weighted by Crippen LogP contribution is 2.49. The van der Waals surface area contributed by atoms with Crippen molar-refractivity contribution in [1.29, 1.82) is 0 Å². The van der Waals surface area contributed by atoms with Crippen molar-refractivity contribution < 1.29 is 19.1 Å². The summed E-state index contributed by atoms with van der Waals surface area (Å²) in [5, 5.41) is 1.08. The molecule has 1 aromatic heterocycles. The molecule has 0 aliphatic carbocycles. The fourth-order valence-corrected chi connectivity index (χ4v) is 6.40. The lowest BCUT2D eigenvalue weighted by atomic mass is 9.76. The van der Waals surface area contributed by atoms with Gasteiger partial charge in [-0.05, 0) is 31.0 Å². The zero-order chi connectivity index (χ0) is 25.6. The van der Waals surface area contributed by atoms with Crippen LogP contribution in [0.15, 0.2) is 48.5 Å². The Labute approximate surface area is 217 Å². The number of methoxy groups -OCH3 is 1. The number of carbonyl (C=O) groups excluding carboxylic acids is 2. The van der Waals surface area contributed by atoms with E-state index in [1.807, 2.05) is 43.3 Å². The summed E-state index contributed by atoms with van der Waals surface area (Å²) in [5.41, 5.74) is 2.80. The number of fused-ring (bicyclic) bond motifs is 5. The SMILES string of the molecule is COc1ccccc1[C@H]1CN2C(=O)CN(CCCN3CCOCC3)C(=O)[C@]2(C)c2[nH]c3ccccc3c21. The molecule has 3 aliphatic heterocycles. The Hall–Kier alpha value is -3.36. The van der Waals surface area contributed by atoms with Gasteiger partial charge in [-0.2, -0.15) is 0 Å². The number of nitrogens with zero attached hydrogens (tertiary/aromatic N) is 3. The number of hydrogen-bond donors (Lipinski definition) is 1. The minimum Gasteiger partial charge on any atom is -0.496 e. The molecule has 0 radical (unpaired) electrons. The minimum atomic E-state index is -1.08. The Kier molecular flexibility index (Phi) is 6.16. The normalized spacial score (nSPS) is 24.3. The number of nitrogens with one attached hydrogen (secondary N) is 1. The van der Waals surface area contributed by atoms with Crippen LogP contribution in [0.2, 0.25) is 0 Å². The van der Waals surface area contributed by atoms with Crippen molar-refractivity contribution in [2.45, 2.75) is 24.8 Å². The van der Waals surface area contributed by atoms with Gasteiger partial charge in [0.25, 0.3) is 5.91 Å². The number of benzene rings is 2. The first-order valence-electron chi connectivity index (χ1n) is 13.2. The molecule has 8 heteroatoms. The maximum atomic E-state index is 14.2. The first-order chi connectivity index (χ1) is 18.0. The van der Waals surface area contributed by atoms with E-state index in [0.29, 0.717) is 13.1 Å². The molecule has 4 heterocycles. The van der Waals surface area contributed by atoms with Gasteiger partial charge < -0.3 is 24.3 Å². The molecule has 8 nitrogen and oxygen atoms in total. The van der Waals surface area contributed by atoms with E-state index >= 15 is 0 Å². The number of para-hydroxylation sites is 2. The molecule has 194 valence electrons. The van der Waals surface area contributed by atoms with Crippen molar-refractivity contribution in [2.75, 3.05) is 59.6 Å². The first-order valence-corrected chi connectivity index (χ1v) is 13.2. The number of piperazine rings is 1. The first kappa shape index (κ1) is 24.0. The Balaban J connectivity index is 1.38. The summed E-state index contributed by atoms with van der Waals surface area (Å²) < 4.78 is 11.2. The Bertz CT molecular complexity index is 1330. The molecular weight excluding hydrogens is 468 g/mol. The van der Waals surface area contributed by atoms with Gasteiger partial charge in [-0.15, -0.1) is 0 Å². The lowest BCUT2D eigenvalue weighted by Crippen LogP contribution is -2.67. The van der Waals surface area contributed by atoms with Crippen LogP contribution in [0.25, 0.3) is 10.9 Å². The average Bonchev–Trinajstić information content (AvgIpc) is 3.33. The second-order valence-electron chi connectivity index (χ2n) is 10.4. The Morgan fingerprint density at radius 1 is 1.05 bits per heavy atom. The van der Waals surface area contributed by atoms with Gasteiger partial charge in [0, 0.05) is 55.1 Å². The average molecular weight is 503 g/mol. The van der Waals surface area contributed by atoms with Gasteiger partial charge in [0.1, 0.15) is 5.75 Å². The maximum absolute atomic E-state index is 14.2. The van der Waals surface area contributed by atoms with E-state index in [1.54, 1.807) is 16.9 Å². The molecule has 2 saturated heterocycles. The number of amides is 2. The van der Waals surface area contributed by atoms with Crippen LogP contribution in [0.3, 0.4) is 0 Å². The standard InChI is InChI=1S/C29H34N4O4/c1-29-27-26(21-9-3-5-10-23(21)30-27)22(20-8-4-6-11-24(20)36-2)18-33(29)25(34)19-32(28(29)35)13-7-12-31-14-16-37-17-15-31/h3-6,8-11,22,30H,7,12-19H2,1-2H3/t22-,29+/m1/s1. The molecule has 0 spiro atoms. The van der Waals surface area contributed by atoms with Gasteiger partial charge in [-0.3, -0.25) is 14.5 Å².